The largest absolute Gasteiger partial charge is 0.352 e. The van der Waals surface area contributed by atoms with Crippen LogP contribution in [-0.4, -0.2) is 28.3 Å². The molecule has 2 amide bonds. The first-order valence-corrected chi connectivity index (χ1v) is 7.44. The van der Waals surface area contributed by atoms with Crippen LogP contribution in [0.3, 0.4) is 0 Å². The maximum absolute atomic E-state index is 12.2. The van der Waals surface area contributed by atoms with E-state index in [0.717, 1.165) is 5.69 Å². The molecule has 0 aliphatic heterocycles. The molecule has 120 valence electrons. The molecular weight excluding hydrogens is 292 g/mol. The molecule has 1 aromatic carbocycles. The molecule has 0 radical (unpaired) electrons. The van der Waals surface area contributed by atoms with Crippen LogP contribution in [-0.2, 0) is 0 Å². The summed E-state index contributed by atoms with van der Waals surface area (Å²) in [7, 11) is 0. The van der Waals surface area contributed by atoms with E-state index >= 15 is 0 Å². The first-order valence-electron chi connectivity index (χ1n) is 7.44. The third-order valence-electron chi connectivity index (χ3n) is 3.10. The Kier molecular flexibility index (Phi) is 5.41. The number of nitrogens with one attached hydrogen (secondary N) is 2. The van der Waals surface area contributed by atoms with Crippen LogP contribution in [0.15, 0.2) is 36.7 Å². The Labute approximate surface area is 135 Å². The highest BCUT2D eigenvalue weighted by atomic mass is 16.2. The van der Waals surface area contributed by atoms with Crippen molar-refractivity contribution in [3.8, 4) is 0 Å². The van der Waals surface area contributed by atoms with Crippen molar-refractivity contribution in [2.75, 3.05) is 11.9 Å². The minimum Gasteiger partial charge on any atom is -0.352 e. The van der Waals surface area contributed by atoms with E-state index in [9.17, 15) is 9.59 Å². The number of hydrogen-bond donors (Lipinski definition) is 2. The normalized spacial score (nSPS) is 10.4. The number of nitrogens with zero attached hydrogens (tertiary/aromatic N) is 2. The predicted molar refractivity (Wildman–Crippen MR) is 88.3 cm³/mol. The molecule has 0 unspecified atom stereocenters. The van der Waals surface area contributed by atoms with Gasteiger partial charge in [0.2, 0.25) is 0 Å². The van der Waals surface area contributed by atoms with Crippen molar-refractivity contribution in [1.29, 1.82) is 0 Å². The van der Waals surface area contributed by atoms with Gasteiger partial charge in [0.05, 0.1) is 23.1 Å². The monoisotopic (exact) mass is 312 g/mol. The Morgan fingerprint density at radius 2 is 1.83 bits per heavy atom. The Balaban J connectivity index is 2.15. The number of benzene rings is 1. The fourth-order valence-corrected chi connectivity index (χ4v) is 1.88. The zero-order valence-corrected chi connectivity index (χ0v) is 13.5. The van der Waals surface area contributed by atoms with Crippen LogP contribution in [0.25, 0.3) is 0 Å². The van der Waals surface area contributed by atoms with Crippen LogP contribution in [0.4, 0.5) is 5.69 Å². The first-order chi connectivity index (χ1) is 11.0. The van der Waals surface area contributed by atoms with Gasteiger partial charge < -0.3 is 10.6 Å². The van der Waals surface area contributed by atoms with Crippen LogP contribution in [0.2, 0.25) is 0 Å². The minimum absolute atomic E-state index is 0.202. The van der Waals surface area contributed by atoms with Crippen LogP contribution in [0, 0.1) is 12.8 Å². The number of aromatic nitrogens is 2. The SMILES string of the molecule is Cc1cnc(C(=O)Nc2ccccc2C(=O)NCC(C)C)cn1. The van der Waals surface area contributed by atoms with Gasteiger partial charge in [-0.3, -0.25) is 14.6 Å². The fourth-order valence-electron chi connectivity index (χ4n) is 1.88. The molecule has 1 aromatic heterocycles. The highest BCUT2D eigenvalue weighted by molar-refractivity contribution is 6.08. The van der Waals surface area contributed by atoms with Gasteiger partial charge in [0.25, 0.3) is 11.8 Å². The summed E-state index contributed by atoms with van der Waals surface area (Å²) < 4.78 is 0. The summed E-state index contributed by atoms with van der Waals surface area (Å²) in [5.74, 6) is -0.269. The molecule has 0 saturated carbocycles. The third-order valence-corrected chi connectivity index (χ3v) is 3.10. The van der Waals surface area contributed by atoms with E-state index in [1.807, 2.05) is 13.8 Å². The van der Waals surface area contributed by atoms with Crippen molar-refractivity contribution >= 4 is 17.5 Å². The second-order valence-corrected chi connectivity index (χ2v) is 5.65. The van der Waals surface area contributed by atoms with Crippen LogP contribution in [0.1, 0.15) is 40.4 Å². The summed E-state index contributed by atoms with van der Waals surface area (Å²) in [4.78, 5) is 32.5. The topological polar surface area (TPSA) is 84.0 Å². The number of rotatable bonds is 5. The van der Waals surface area contributed by atoms with Crippen LogP contribution < -0.4 is 10.6 Å². The molecule has 23 heavy (non-hydrogen) atoms. The van der Waals surface area contributed by atoms with Crippen molar-refractivity contribution in [1.82, 2.24) is 15.3 Å². The molecule has 0 aliphatic carbocycles. The number of aryl methyl sites for hydroxylation is 1. The predicted octanol–water partition coefficient (Wildman–Crippen LogP) is 2.42. The van der Waals surface area contributed by atoms with Crippen molar-refractivity contribution in [3.05, 3.63) is 53.6 Å². The third kappa shape index (κ3) is 4.60. The molecular formula is C17H20N4O2. The lowest BCUT2D eigenvalue weighted by Crippen LogP contribution is -2.28. The number of amides is 2. The lowest BCUT2D eigenvalue weighted by Gasteiger charge is -2.12. The van der Waals surface area contributed by atoms with Crippen LogP contribution in [0.5, 0.6) is 0 Å². The summed E-state index contributed by atoms with van der Waals surface area (Å²) >= 11 is 0. The number of hydrogen-bond acceptors (Lipinski definition) is 4. The molecule has 2 aromatic rings. The number of carbonyl (C=O) groups excluding carboxylic acids is 2. The molecule has 6 heteroatoms. The van der Waals surface area contributed by atoms with E-state index in [2.05, 4.69) is 20.6 Å². The summed E-state index contributed by atoms with van der Waals surface area (Å²) in [6.45, 7) is 6.40. The summed E-state index contributed by atoms with van der Waals surface area (Å²) in [6.07, 6.45) is 2.93. The first kappa shape index (κ1) is 16.6. The molecule has 1 heterocycles. The van der Waals surface area contributed by atoms with Crippen LogP contribution >= 0.6 is 0 Å². The summed E-state index contributed by atoms with van der Waals surface area (Å²) in [5.41, 5.74) is 1.80. The average molecular weight is 312 g/mol. The summed E-state index contributed by atoms with van der Waals surface area (Å²) in [6, 6.07) is 6.87. The van der Waals surface area contributed by atoms with E-state index in [-0.39, 0.29) is 11.6 Å². The van der Waals surface area contributed by atoms with E-state index in [0.29, 0.717) is 23.7 Å². The molecule has 0 spiro atoms. The molecule has 0 bridgehead atoms. The van der Waals surface area contributed by atoms with Gasteiger partial charge in [-0.2, -0.15) is 0 Å². The van der Waals surface area contributed by atoms with Gasteiger partial charge in [0.15, 0.2) is 0 Å². The number of anilines is 1. The van der Waals surface area contributed by atoms with Gasteiger partial charge in [-0.05, 0) is 25.0 Å². The quantitative estimate of drug-likeness (QED) is 0.888. The Morgan fingerprint density at radius 3 is 2.48 bits per heavy atom. The second-order valence-electron chi connectivity index (χ2n) is 5.65. The van der Waals surface area contributed by atoms with Gasteiger partial charge in [-0.15, -0.1) is 0 Å². The number of carbonyl (C=O) groups is 2. The highest BCUT2D eigenvalue weighted by Crippen LogP contribution is 2.16. The van der Waals surface area contributed by atoms with E-state index in [1.54, 1.807) is 31.2 Å². The zero-order chi connectivity index (χ0) is 16.8. The zero-order valence-electron chi connectivity index (χ0n) is 13.5. The molecule has 0 fully saturated rings. The smallest absolute Gasteiger partial charge is 0.275 e. The maximum atomic E-state index is 12.2. The Hall–Kier alpha value is -2.76. The molecule has 2 N–H and O–H groups in total. The fraction of sp³-hybridized carbons (Fsp3) is 0.294. The number of para-hydroxylation sites is 1. The van der Waals surface area contributed by atoms with E-state index in [1.165, 1.54) is 12.4 Å². The van der Waals surface area contributed by atoms with Gasteiger partial charge in [0.1, 0.15) is 5.69 Å². The Morgan fingerprint density at radius 1 is 1.09 bits per heavy atom. The highest BCUT2D eigenvalue weighted by Gasteiger charge is 2.15. The standard InChI is InChI=1S/C17H20N4O2/c1-11(2)8-20-16(22)13-6-4-5-7-14(13)21-17(23)15-10-18-12(3)9-19-15/h4-7,9-11H,8H2,1-3H3,(H,20,22)(H,21,23). The van der Waals surface area contributed by atoms with Gasteiger partial charge in [0, 0.05) is 12.7 Å². The second kappa shape index (κ2) is 7.49. The van der Waals surface area contributed by atoms with Crippen molar-refractivity contribution < 1.29 is 9.59 Å². The van der Waals surface area contributed by atoms with Crippen molar-refractivity contribution in [2.24, 2.45) is 5.92 Å². The average Bonchev–Trinajstić information content (AvgIpc) is 2.53. The molecule has 6 nitrogen and oxygen atoms in total. The van der Waals surface area contributed by atoms with Gasteiger partial charge >= 0.3 is 0 Å². The van der Waals surface area contributed by atoms with Crippen molar-refractivity contribution in [2.45, 2.75) is 20.8 Å². The molecule has 0 atom stereocenters. The van der Waals surface area contributed by atoms with Crippen molar-refractivity contribution in [3.63, 3.8) is 0 Å². The lowest BCUT2D eigenvalue weighted by atomic mass is 10.1. The molecule has 2 rings (SSSR count). The summed E-state index contributed by atoms with van der Waals surface area (Å²) in [5, 5.41) is 5.55. The van der Waals surface area contributed by atoms with Gasteiger partial charge in [-0.1, -0.05) is 26.0 Å². The van der Waals surface area contributed by atoms with E-state index < -0.39 is 5.91 Å². The van der Waals surface area contributed by atoms with Gasteiger partial charge in [-0.25, -0.2) is 4.98 Å². The van der Waals surface area contributed by atoms with E-state index in [4.69, 9.17) is 0 Å². The molecule has 0 aliphatic rings. The Bertz CT molecular complexity index is 696. The lowest BCUT2D eigenvalue weighted by molar-refractivity contribution is 0.0950. The maximum Gasteiger partial charge on any atom is 0.275 e. The minimum atomic E-state index is -0.401. The molecule has 0 saturated heterocycles.